The van der Waals surface area contributed by atoms with Crippen LogP contribution in [0.5, 0.6) is 0 Å². The minimum absolute atomic E-state index is 0.0433. The maximum Gasteiger partial charge on any atom is 0.416 e. The van der Waals surface area contributed by atoms with Gasteiger partial charge in [0.25, 0.3) is 0 Å². The van der Waals surface area contributed by atoms with Gasteiger partial charge in [-0.15, -0.1) is 0 Å². The van der Waals surface area contributed by atoms with Crippen LogP contribution in [-0.2, 0) is 12.7 Å². The number of alkyl halides is 6. The predicted molar refractivity (Wildman–Crippen MR) is 126 cm³/mol. The molecule has 0 aliphatic rings. The topological polar surface area (TPSA) is 39.1 Å². The van der Waals surface area contributed by atoms with Gasteiger partial charge in [-0.1, -0.05) is 43.6 Å². The van der Waals surface area contributed by atoms with Crippen molar-refractivity contribution in [3.05, 3.63) is 69.9 Å². The summed E-state index contributed by atoms with van der Waals surface area (Å²) in [5.74, 6) is -3.44. The highest BCUT2D eigenvalue weighted by molar-refractivity contribution is 6.34. The van der Waals surface area contributed by atoms with E-state index in [1.165, 1.54) is 22.8 Å². The summed E-state index contributed by atoms with van der Waals surface area (Å²) in [6, 6.07) is 7.33. The van der Waals surface area contributed by atoms with Crippen molar-refractivity contribution in [2.75, 3.05) is 0 Å². The molecule has 0 aliphatic carbocycles. The van der Waals surface area contributed by atoms with E-state index in [-0.39, 0.29) is 40.9 Å². The molecule has 3 rings (SSSR count). The van der Waals surface area contributed by atoms with E-state index in [9.17, 15) is 35.9 Å². The van der Waals surface area contributed by atoms with Crippen LogP contribution < -0.4 is 0 Å². The van der Waals surface area contributed by atoms with E-state index >= 15 is 0 Å². The Bertz CT molecular complexity index is 1290. The Morgan fingerprint density at radius 1 is 0.944 bits per heavy atom. The largest absolute Gasteiger partial charge is 0.416 e. The lowest BCUT2D eigenvalue weighted by Crippen LogP contribution is -2.25. The minimum Gasteiger partial charge on any atom is -0.338 e. The third-order valence-electron chi connectivity index (χ3n) is 5.89. The molecule has 0 saturated heterocycles. The van der Waals surface area contributed by atoms with Gasteiger partial charge in [-0.05, 0) is 42.7 Å². The van der Waals surface area contributed by atoms with Crippen LogP contribution in [0.4, 0.5) is 26.3 Å². The number of fused-ring (bicyclic) bond motifs is 1. The lowest BCUT2D eigenvalue weighted by atomic mass is 9.91. The van der Waals surface area contributed by atoms with Gasteiger partial charge in [-0.25, -0.2) is 0 Å². The van der Waals surface area contributed by atoms with Crippen LogP contribution in [0.25, 0.3) is 10.9 Å². The molecule has 2 aromatic carbocycles. The van der Waals surface area contributed by atoms with Crippen LogP contribution in [0.3, 0.4) is 0 Å². The summed E-state index contributed by atoms with van der Waals surface area (Å²) in [5.41, 5.74) is -1.19. The number of rotatable bonds is 8. The Morgan fingerprint density at radius 2 is 1.61 bits per heavy atom. The third-order valence-corrected chi connectivity index (χ3v) is 6.20. The normalized spacial score (nSPS) is 13.4. The first-order valence-corrected chi connectivity index (χ1v) is 11.6. The highest BCUT2D eigenvalue weighted by Gasteiger charge is 2.43. The first-order valence-electron chi connectivity index (χ1n) is 11.3. The molecule has 3 nitrogen and oxygen atoms in total. The Hall–Kier alpha value is -2.81. The van der Waals surface area contributed by atoms with Gasteiger partial charge >= 0.3 is 12.4 Å². The molecule has 0 aliphatic heterocycles. The molecule has 1 atom stereocenters. The number of nitrogens with zero attached hydrogens (tertiary/aromatic N) is 1. The molecular formula is C26H24ClF6NO2. The zero-order chi connectivity index (χ0) is 27.0. The number of halogens is 7. The van der Waals surface area contributed by atoms with Crippen LogP contribution in [-0.4, -0.2) is 22.3 Å². The van der Waals surface area contributed by atoms with Crippen molar-refractivity contribution in [1.29, 1.82) is 0 Å². The number of aryl methyl sites for hydroxylation is 1. The number of carbonyl (C=O) groups is 2. The molecule has 10 heteroatoms. The van der Waals surface area contributed by atoms with E-state index in [4.69, 9.17) is 11.6 Å². The average molecular weight is 532 g/mol. The second-order valence-electron chi connectivity index (χ2n) is 9.03. The smallest absolute Gasteiger partial charge is 0.338 e. The van der Waals surface area contributed by atoms with Gasteiger partial charge < -0.3 is 4.57 Å². The van der Waals surface area contributed by atoms with E-state index < -0.39 is 41.6 Å². The number of hydrogen-bond acceptors (Lipinski definition) is 2. The molecule has 1 aromatic heterocycles. The third kappa shape index (κ3) is 5.94. The summed E-state index contributed by atoms with van der Waals surface area (Å²) in [5, 5.41) is 0.622. The van der Waals surface area contributed by atoms with Crippen LogP contribution in [0, 0.1) is 5.92 Å². The summed E-state index contributed by atoms with van der Waals surface area (Å²) in [7, 11) is 0. The monoisotopic (exact) mass is 531 g/mol. The van der Waals surface area contributed by atoms with E-state index in [0.717, 1.165) is 12.1 Å². The quantitative estimate of drug-likeness (QED) is 0.216. The van der Waals surface area contributed by atoms with Crippen molar-refractivity contribution in [1.82, 2.24) is 4.57 Å². The lowest BCUT2D eigenvalue weighted by Gasteiger charge is -2.21. The highest BCUT2D eigenvalue weighted by atomic mass is 35.5. The number of aromatic nitrogens is 1. The fourth-order valence-corrected chi connectivity index (χ4v) is 4.46. The van der Waals surface area contributed by atoms with Gasteiger partial charge in [0.15, 0.2) is 11.6 Å². The van der Waals surface area contributed by atoms with Crippen LogP contribution in [0.2, 0.25) is 5.02 Å². The molecule has 0 radical (unpaired) electrons. The molecule has 0 fully saturated rings. The highest BCUT2D eigenvalue weighted by Crippen LogP contribution is 2.41. The standard InChI is InChI=1S/C26H24ClF6NO2/c1-4-34-21-13-20(27)18(23(35)8-14(2)3)10-16(21)11-22(34)24(36)12-19(26(31,32)33)15-6-5-7-17(9-15)25(28,29)30/h5-7,9-11,13-14,19H,4,8,12H2,1-3H3. The van der Waals surface area contributed by atoms with Crippen LogP contribution >= 0.6 is 11.6 Å². The molecule has 194 valence electrons. The second-order valence-corrected chi connectivity index (χ2v) is 9.44. The van der Waals surface area contributed by atoms with Gasteiger partial charge in [0, 0.05) is 30.3 Å². The van der Waals surface area contributed by atoms with Gasteiger partial charge in [-0.2, -0.15) is 26.3 Å². The molecule has 0 saturated carbocycles. The Kier molecular flexibility index (Phi) is 7.93. The molecular weight excluding hydrogens is 508 g/mol. The molecule has 1 unspecified atom stereocenters. The van der Waals surface area contributed by atoms with E-state index in [1.54, 1.807) is 6.92 Å². The van der Waals surface area contributed by atoms with Crippen molar-refractivity contribution in [2.45, 2.75) is 58.4 Å². The fourth-order valence-electron chi connectivity index (χ4n) is 4.19. The van der Waals surface area contributed by atoms with E-state index in [2.05, 4.69) is 0 Å². The molecule has 1 heterocycles. The van der Waals surface area contributed by atoms with Crippen LogP contribution in [0.1, 0.15) is 71.5 Å². The van der Waals surface area contributed by atoms with Gasteiger partial charge in [-0.3, -0.25) is 9.59 Å². The fraction of sp³-hybridized carbons (Fsp3) is 0.385. The summed E-state index contributed by atoms with van der Waals surface area (Å²) >= 11 is 6.32. The zero-order valence-electron chi connectivity index (χ0n) is 19.7. The van der Waals surface area contributed by atoms with Crippen molar-refractivity contribution in [3.63, 3.8) is 0 Å². The van der Waals surface area contributed by atoms with Gasteiger partial charge in [0.2, 0.25) is 0 Å². The molecule has 3 aromatic rings. The number of carbonyl (C=O) groups excluding carboxylic acids is 2. The van der Waals surface area contributed by atoms with Crippen molar-refractivity contribution >= 4 is 34.1 Å². The van der Waals surface area contributed by atoms with E-state index in [0.29, 0.717) is 23.0 Å². The van der Waals surface area contributed by atoms with Crippen molar-refractivity contribution < 1.29 is 35.9 Å². The Balaban J connectivity index is 2.03. The SMILES string of the molecule is CCn1c(C(=O)CC(c2cccc(C(F)(F)F)c2)C(F)(F)F)cc2cc(C(=O)CC(C)C)c(Cl)cc21. The number of benzene rings is 2. The number of hydrogen-bond donors (Lipinski definition) is 0. The summed E-state index contributed by atoms with van der Waals surface area (Å²) < 4.78 is 82.4. The summed E-state index contributed by atoms with van der Waals surface area (Å²) in [6.45, 7) is 5.66. The van der Waals surface area contributed by atoms with Gasteiger partial charge in [0.05, 0.1) is 27.7 Å². The van der Waals surface area contributed by atoms with Gasteiger partial charge in [0.1, 0.15) is 0 Å². The van der Waals surface area contributed by atoms with Crippen LogP contribution in [0.15, 0.2) is 42.5 Å². The Labute approximate surface area is 209 Å². The second kappa shape index (κ2) is 10.3. The zero-order valence-corrected chi connectivity index (χ0v) is 20.5. The molecule has 0 spiro atoms. The maximum atomic E-state index is 13.9. The first-order chi connectivity index (χ1) is 16.6. The minimum atomic E-state index is -4.96. The molecule has 0 bridgehead atoms. The lowest BCUT2D eigenvalue weighted by molar-refractivity contribution is -0.150. The number of Topliss-reactive ketones (excluding diaryl/α,β-unsaturated/α-hetero) is 2. The van der Waals surface area contributed by atoms with Crippen molar-refractivity contribution in [3.8, 4) is 0 Å². The van der Waals surface area contributed by atoms with E-state index in [1.807, 2.05) is 13.8 Å². The Morgan fingerprint density at radius 3 is 2.17 bits per heavy atom. The predicted octanol–water partition coefficient (Wildman–Crippen LogP) is 8.48. The molecule has 0 N–H and O–H groups in total. The van der Waals surface area contributed by atoms with Crippen molar-refractivity contribution in [2.24, 2.45) is 5.92 Å². The maximum absolute atomic E-state index is 13.9. The first kappa shape index (κ1) is 27.8. The summed E-state index contributed by atoms with van der Waals surface area (Å²) in [4.78, 5) is 25.7. The average Bonchev–Trinajstić information content (AvgIpc) is 3.12. The summed E-state index contributed by atoms with van der Waals surface area (Å²) in [6.07, 6.45) is -10.6. The number of ketones is 2. The molecule has 36 heavy (non-hydrogen) atoms. The molecule has 0 amide bonds.